The number of hydrogen-bond acceptors (Lipinski definition) is 9. The Morgan fingerprint density at radius 2 is 0.518 bits per heavy atom. The van der Waals surface area contributed by atoms with E-state index in [0.717, 1.165) is 101 Å². The minimum Gasteiger partial charge on any atom is -0.308 e. The lowest BCUT2D eigenvalue weighted by Crippen LogP contribution is -2.00. The van der Waals surface area contributed by atoms with Gasteiger partial charge >= 0.3 is 0 Å². The predicted octanol–water partition coefficient (Wildman–Crippen LogP) is 27.4. The van der Waals surface area contributed by atoms with Crippen molar-refractivity contribution in [2.75, 3.05) is 0 Å². The third-order valence-electron chi connectivity index (χ3n) is 21.9. The molecule has 8 heterocycles. The van der Waals surface area contributed by atoms with Crippen LogP contribution >= 0.6 is 22.7 Å². The summed E-state index contributed by atoms with van der Waals surface area (Å²) in [7, 11) is 0. The second-order valence-electron chi connectivity index (χ2n) is 28.6. The Morgan fingerprint density at radius 3 is 0.947 bits per heavy atom. The summed E-state index contributed by atoms with van der Waals surface area (Å²) in [5.74, 6) is 2.65. The molecule has 532 valence electrons. The third-order valence-corrected chi connectivity index (χ3v) is 24.4. The smallest absolute Gasteiger partial charge is 0.164 e. The van der Waals surface area contributed by atoms with Gasteiger partial charge in [0.1, 0.15) is 0 Å². The molecular formula is C103H63N9S2. The number of hydrogen-bond donors (Lipinski definition) is 0. The summed E-state index contributed by atoms with van der Waals surface area (Å²) >= 11 is 3.75. The highest BCUT2D eigenvalue weighted by molar-refractivity contribution is 7.28. The Morgan fingerprint density at radius 1 is 0.211 bits per heavy atom. The molecule has 0 aliphatic rings. The SMILES string of the molecule is c1ccc(-c2cc(-c3ccc(-n4c5ccccc5c5sc6c7ccccc7nc(-c7cccc8ccccc78)c6c54)cc3)nc(-c3ccccc3)n2)cc1.c1ccc(-c2nc(-c3ccccc3)nc(-c3ccc(-c4ccc(-n5c6ccccc6c6sc7c8ccccc8nc(-c8cccc9ccccc89)c7c65)cc4)cc3)n2)cc1. The second kappa shape index (κ2) is 27.7. The highest BCUT2D eigenvalue weighted by atomic mass is 32.1. The zero-order chi connectivity index (χ0) is 75.2. The molecule has 0 unspecified atom stereocenters. The fourth-order valence-electron chi connectivity index (χ4n) is 16.5. The molecule has 0 spiro atoms. The van der Waals surface area contributed by atoms with Crippen LogP contribution in [-0.2, 0) is 0 Å². The van der Waals surface area contributed by atoms with Gasteiger partial charge in [-0.15, -0.1) is 22.7 Å². The van der Waals surface area contributed by atoms with Crippen LogP contribution in [0.2, 0.25) is 0 Å². The molecule has 23 rings (SSSR count). The van der Waals surface area contributed by atoms with Crippen molar-refractivity contribution in [3.05, 3.63) is 382 Å². The number of aromatic nitrogens is 9. The summed E-state index contributed by atoms with van der Waals surface area (Å²) in [6.45, 7) is 0. The summed E-state index contributed by atoms with van der Waals surface area (Å²) < 4.78 is 9.92. The highest BCUT2D eigenvalue weighted by Gasteiger charge is 2.27. The van der Waals surface area contributed by atoms with E-state index >= 15 is 0 Å². The number of para-hydroxylation sites is 4. The molecule has 114 heavy (non-hydrogen) atoms. The van der Waals surface area contributed by atoms with Gasteiger partial charge in [-0.1, -0.05) is 328 Å². The fraction of sp³-hybridized carbons (Fsp3) is 0. The molecule has 9 nitrogen and oxygen atoms in total. The van der Waals surface area contributed by atoms with Crippen LogP contribution in [0.3, 0.4) is 0 Å². The average molecular weight is 1490 g/mol. The fourth-order valence-corrected chi connectivity index (χ4v) is 19.2. The Hall–Kier alpha value is -14.8. The van der Waals surface area contributed by atoms with Crippen LogP contribution in [0.25, 0.3) is 219 Å². The molecular weight excluding hydrogens is 1430 g/mol. The summed E-state index contributed by atoms with van der Waals surface area (Å²) in [4.78, 5) is 35.7. The molecule has 0 fully saturated rings. The van der Waals surface area contributed by atoms with Gasteiger partial charge in [-0.3, -0.25) is 0 Å². The quantitative estimate of drug-likeness (QED) is 0.127. The average Bonchev–Trinajstić information content (AvgIpc) is 1.55. The zero-order valence-electron chi connectivity index (χ0n) is 61.2. The first-order valence-electron chi connectivity index (χ1n) is 38.2. The molecule has 0 aliphatic carbocycles. The lowest BCUT2D eigenvalue weighted by atomic mass is 9.98. The van der Waals surface area contributed by atoms with Crippen molar-refractivity contribution in [1.82, 2.24) is 44.0 Å². The maximum absolute atomic E-state index is 5.46. The molecule has 0 amide bonds. The molecule has 8 aromatic heterocycles. The van der Waals surface area contributed by atoms with Crippen molar-refractivity contribution in [2.45, 2.75) is 0 Å². The molecule has 11 heteroatoms. The molecule has 0 bridgehead atoms. The van der Waals surface area contributed by atoms with E-state index < -0.39 is 0 Å². The van der Waals surface area contributed by atoms with Crippen molar-refractivity contribution in [3.63, 3.8) is 0 Å². The number of thiophene rings is 2. The van der Waals surface area contributed by atoms with Crippen molar-refractivity contribution in [1.29, 1.82) is 0 Å². The van der Waals surface area contributed by atoms with Crippen LogP contribution in [0.4, 0.5) is 0 Å². The van der Waals surface area contributed by atoms with Crippen LogP contribution in [0.1, 0.15) is 0 Å². The molecule has 0 saturated carbocycles. The van der Waals surface area contributed by atoms with Gasteiger partial charge in [0, 0.05) is 97.6 Å². The summed E-state index contributed by atoms with van der Waals surface area (Å²) in [5.41, 5.74) is 23.2. The van der Waals surface area contributed by atoms with Crippen LogP contribution in [0.15, 0.2) is 382 Å². The summed E-state index contributed by atoms with van der Waals surface area (Å²) in [6.07, 6.45) is 0. The Balaban J connectivity index is 0.000000140. The number of benzene rings is 15. The van der Waals surface area contributed by atoms with Crippen molar-refractivity contribution < 1.29 is 0 Å². The van der Waals surface area contributed by atoms with Gasteiger partial charge in [0.25, 0.3) is 0 Å². The molecule has 0 N–H and O–H groups in total. The first kappa shape index (κ1) is 66.3. The molecule has 0 atom stereocenters. The van der Waals surface area contributed by atoms with Gasteiger partial charge in [0.05, 0.1) is 65.3 Å². The third kappa shape index (κ3) is 11.4. The van der Waals surface area contributed by atoms with Crippen LogP contribution < -0.4 is 0 Å². The summed E-state index contributed by atoms with van der Waals surface area (Å²) in [5, 5.41) is 12.0. The predicted molar refractivity (Wildman–Crippen MR) is 476 cm³/mol. The van der Waals surface area contributed by atoms with E-state index in [1.54, 1.807) is 0 Å². The topological polar surface area (TPSA) is 100 Å². The van der Waals surface area contributed by atoms with E-state index in [1.165, 1.54) is 94.7 Å². The zero-order valence-corrected chi connectivity index (χ0v) is 62.8. The van der Waals surface area contributed by atoms with Gasteiger partial charge in [-0.25, -0.2) is 34.9 Å². The van der Waals surface area contributed by atoms with Crippen LogP contribution in [-0.4, -0.2) is 44.0 Å². The van der Waals surface area contributed by atoms with E-state index in [2.05, 4.69) is 294 Å². The minimum atomic E-state index is 0.640. The number of fused-ring (bicyclic) bond motifs is 16. The Labute approximate surface area is 663 Å². The second-order valence-corrected chi connectivity index (χ2v) is 30.6. The molecule has 23 aromatic rings. The Kier molecular flexibility index (Phi) is 16.1. The molecule has 15 aromatic carbocycles. The van der Waals surface area contributed by atoms with Crippen LogP contribution in [0, 0.1) is 0 Å². The van der Waals surface area contributed by atoms with Gasteiger partial charge in [-0.05, 0) is 87.3 Å². The monoisotopic (exact) mass is 1490 g/mol. The van der Waals surface area contributed by atoms with Gasteiger partial charge < -0.3 is 9.13 Å². The van der Waals surface area contributed by atoms with E-state index in [9.17, 15) is 0 Å². The Bertz CT molecular complexity index is 7560. The lowest BCUT2D eigenvalue weighted by molar-refractivity contribution is 1.07. The molecule has 0 aliphatic heterocycles. The molecule has 0 radical (unpaired) electrons. The molecule has 0 saturated heterocycles. The van der Waals surface area contributed by atoms with Crippen LogP contribution in [0.5, 0.6) is 0 Å². The number of rotatable bonds is 11. The van der Waals surface area contributed by atoms with Gasteiger partial charge in [-0.2, -0.15) is 0 Å². The lowest BCUT2D eigenvalue weighted by Gasteiger charge is -2.13. The maximum Gasteiger partial charge on any atom is 0.164 e. The first-order chi connectivity index (χ1) is 56.5. The summed E-state index contributed by atoms with van der Waals surface area (Å²) in [6, 6.07) is 134. The highest BCUT2D eigenvalue weighted by Crippen LogP contribution is 2.51. The van der Waals surface area contributed by atoms with E-state index in [-0.39, 0.29) is 0 Å². The van der Waals surface area contributed by atoms with Crippen molar-refractivity contribution in [3.8, 4) is 113 Å². The van der Waals surface area contributed by atoms with Gasteiger partial charge in [0.15, 0.2) is 23.3 Å². The van der Waals surface area contributed by atoms with E-state index in [4.69, 9.17) is 34.9 Å². The number of nitrogens with zero attached hydrogens (tertiary/aromatic N) is 9. The largest absolute Gasteiger partial charge is 0.308 e. The maximum atomic E-state index is 5.46. The van der Waals surface area contributed by atoms with Gasteiger partial charge in [0.2, 0.25) is 0 Å². The van der Waals surface area contributed by atoms with E-state index in [0.29, 0.717) is 23.3 Å². The minimum absolute atomic E-state index is 0.640. The van der Waals surface area contributed by atoms with Crippen molar-refractivity contribution >= 4 is 128 Å². The standard InChI is InChI=1S/C54H33N5S.C49H30N4S/c1-3-15-37(16-4-1)52-56-53(38-17-5-2-6-18-38)58-54(57-52)39-28-26-34(27-29-39)35-30-32-40(33-31-35)59-46-25-12-10-22-44(46)51-49(59)47-48(42-23-13-19-36-14-7-8-20-41(36)42)55-45-24-11-9-21-43(45)50(47)60-51;1-3-15-32(16-4-1)41-30-42(52-49(51-41)34-17-5-2-6-18-34)33-26-28-35(29-27-33)53-43-25-12-10-22-39(43)48-46(53)44-45(37-23-13-19-31-14-7-8-20-36(31)37)50-40-24-11-9-21-38(40)47(44)54-48/h1-33H;1-30H. The normalized spacial score (nSPS) is 11.7. The first-order valence-corrected chi connectivity index (χ1v) is 39.8. The number of pyridine rings is 2. The van der Waals surface area contributed by atoms with E-state index in [1.807, 2.05) is 120 Å². The van der Waals surface area contributed by atoms with Crippen molar-refractivity contribution in [2.24, 2.45) is 0 Å².